The van der Waals surface area contributed by atoms with Gasteiger partial charge in [-0.25, -0.2) is 0 Å². The molecule has 8 atom stereocenters. The molecule has 1 aromatic heterocycles. The van der Waals surface area contributed by atoms with Crippen LogP contribution in [0.3, 0.4) is 0 Å². The molecule has 1 unspecified atom stereocenters. The summed E-state index contributed by atoms with van der Waals surface area (Å²) in [6.07, 6.45) is 20.3. The van der Waals surface area contributed by atoms with Gasteiger partial charge >= 0.3 is 0 Å². The summed E-state index contributed by atoms with van der Waals surface area (Å²) >= 11 is 0. The van der Waals surface area contributed by atoms with E-state index >= 15 is 0 Å². The lowest BCUT2D eigenvalue weighted by Crippen LogP contribution is -2.50. The number of allylic oxidation sites excluding steroid dienone is 1. The van der Waals surface area contributed by atoms with E-state index in [-0.39, 0.29) is 6.10 Å². The monoisotopic (exact) mass is 408 g/mol. The highest BCUT2D eigenvalue weighted by Crippen LogP contribution is 2.67. The fourth-order valence-corrected chi connectivity index (χ4v) is 8.65. The van der Waals surface area contributed by atoms with Crippen LogP contribution in [-0.2, 0) is 6.42 Å². The molecular weight excluding hydrogens is 368 g/mol. The Morgan fingerprint density at radius 1 is 1.10 bits per heavy atom. The van der Waals surface area contributed by atoms with E-state index in [1.807, 2.05) is 12.4 Å². The fraction of sp³-hybridized carbons (Fsp3) is 0.778. The molecule has 3 heteroatoms. The molecule has 164 valence electrons. The van der Waals surface area contributed by atoms with Crippen molar-refractivity contribution < 1.29 is 5.11 Å². The minimum Gasteiger partial charge on any atom is -0.393 e. The zero-order valence-corrected chi connectivity index (χ0v) is 19.2. The first-order valence-corrected chi connectivity index (χ1v) is 12.5. The topological polar surface area (TPSA) is 46.0 Å². The predicted molar refractivity (Wildman–Crippen MR) is 121 cm³/mol. The number of aromatic nitrogens is 2. The van der Waals surface area contributed by atoms with Crippen molar-refractivity contribution >= 4 is 0 Å². The number of aliphatic hydroxyl groups excluding tert-OH is 1. The number of aryl methyl sites for hydroxylation is 1. The SMILES string of the molecule is CC(CCc1cnccn1)[C@H]1CC[C@H]2[C@@H]3CC=C4C[C@@H](O)CC[C@]4(C)[C@H]3CC[C@]12C. The highest BCUT2D eigenvalue weighted by atomic mass is 16.3. The van der Waals surface area contributed by atoms with Crippen molar-refractivity contribution in [1.29, 1.82) is 0 Å². The Labute approximate surface area is 182 Å². The van der Waals surface area contributed by atoms with Gasteiger partial charge in [0.1, 0.15) is 0 Å². The first-order chi connectivity index (χ1) is 14.4. The summed E-state index contributed by atoms with van der Waals surface area (Å²) in [5.41, 5.74) is 3.61. The van der Waals surface area contributed by atoms with E-state index in [1.165, 1.54) is 44.9 Å². The maximum absolute atomic E-state index is 10.2. The third-order valence-electron chi connectivity index (χ3n) is 10.3. The van der Waals surface area contributed by atoms with Gasteiger partial charge in [-0.1, -0.05) is 32.4 Å². The number of aliphatic hydroxyl groups is 1. The molecule has 4 aliphatic carbocycles. The molecule has 30 heavy (non-hydrogen) atoms. The van der Waals surface area contributed by atoms with Crippen molar-refractivity contribution in [1.82, 2.24) is 9.97 Å². The summed E-state index contributed by atoms with van der Waals surface area (Å²) in [5, 5.41) is 10.2. The molecule has 0 radical (unpaired) electrons. The maximum atomic E-state index is 10.2. The second kappa shape index (κ2) is 7.73. The number of nitrogens with zero attached hydrogens (tertiary/aromatic N) is 2. The molecule has 0 spiro atoms. The van der Waals surface area contributed by atoms with Gasteiger partial charge in [-0.3, -0.25) is 9.97 Å². The molecule has 3 fully saturated rings. The van der Waals surface area contributed by atoms with Gasteiger partial charge in [0.15, 0.2) is 0 Å². The lowest BCUT2D eigenvalue weighted by Gasteiger charge is -2.58. The van der Waals surface area contributed by atoms with E-state index < -0.39 is 0 Å². The molecule has 1 N–H and O–H groups in total. The van der Waals surface area contributed by atoms with Crippen LogP contribution in [0.4, 0.5) is 0 Å². The van der Waals surface area contributed by atoms with Crippen molar-refractivity contribution in [3.05, 3.63) is 35.9 Å². The minimum atomic E-state index is -0.0965. The molecule has 0 saturated heterocycles. The van der Waals surface area contributed by atoms with E-state index in [9.17, 15) is 5.11 Å². The van der Waals surface area contributed by atoms with Crippen LogP contribution in [0.25, 0.3) is 0 Å². The second-order valence-corrected chi connectivity index (χ2v) is 11.6. The van der Waals surface area contributed by atoms with Crippen molar-refractivity contribution in [3.63, 3.8) is 0 Å². The lowest BCUT2D eigenvalue weighted by atomic mass is 9.47. The molecule has 3 saturated carbocycles. The van der Waals surface area contributed by atoms with Crippen LogP contribution in [0, 0.1) is 40.4 Å². The van der Waals surface area contributed by atoms with Crippen LogP contribution >= 0.6 is 0 Å². The second-order valence-electron chi connectivity index (χ2n) is 11.6. The van der Waals surface area contributed by atoms with Gasteiger partial charge in [-0.2, -0.15) is 0 Å². The van der Waals surface area contributed by atoms with Gasteiger partial charge in [-0.15, -0.1) is 0 Å². The Bertz CT molecular complexity index is 791. The maximum Gasteiger partial charge on any atom is 0.0586 e. The number of fused-ring (bicyclic) bond motifs is 5. The summed E-state index contributed by atoms with van der Waals surface area (Å²) in [6.45, 7) is 7.69. The molecular formula is C27H40N2O. The summed E-state index contributed by atoms with van der Waals surface area (Å²) in [7, 11) is 0. The molecule has 0 amide bonds. The van der Waals surface area contributed by atoms with Crippen molar-refractivity contribution in [2.45, 2.75) is 91.1 Å². The molecule has 3 nitrogen and oxygen atoms in total. The molecule has 5 rings (SSSR count). The highest BCUT2D eigenvalue weighted by Gasteiger charge is 2.59. The Balaban J connectivity index is 1.31. The van der Waals surface area contributed by atoms with Crippen LogP contribution in [0.2, 0.25) is 0 Å². The third kappa shape index (κ3) is 3.27. The Morgan fingerprint density at radius 2 is 1.97 bits per heavy atom. The molecule has 1 aromatic rings. The summed E-state index contributed by atoms with van der Waals surface area (Å²) in [4.78, 5) is 8.74. The lowest BCUT2D eigenvalue weighted by molar-refractivity contribution is -0.0571. The Kier molecular flexibility index (Phi) is 5.32. The number of hydrogen-bond acceptors (Lipinski definition) is 3. The van der Waals surface area contributed by atoms with Crippen molar-refractivity contribution in [2.75, 3.05) is 0 Å². The molecule has 4 aliphatic rings. The van der Waals surface area contributed by atoms with Crippen LogP contribution in [0.5, 0.6) is 0 Å². The van der Waals surface area contributed by atoms with Gasteiger partial charge < -0.3 is 5.11 Å². The fourth-order valence-electron chi connectivity index (χ4n) is 8.65. The summed E-state index contributed by atoms with van der Waals surface area (Å²) < 4.78 is 0. The van der Waals surface area contributed by atoms with E-state index in [1.54, 1.807) is 11.8 Å². The quantitative estimate of drug-likeness (QED) is 0.623. The highest BCUT2D eigenvalue weighted by molar-refractivity contribution is 5.25. The van der Waals surface area contributed by atoms with Gasteiger partial charge in [0, 0.05) is 18.6 Å². The largest absolute Gasteiger partial charge is 0.393 e. The van der Waals surface area contributed by atoms with E-state index in [4.69, 9.17) is 0 Å². The zero-order chi connectivity index (χ0) is 20.9. The molecule has 0 aromatic carbocycles. The van der Waals surface area contributed by atoms with Crippen LogP contribution < -0.4 is 0 Å². The van der Waals surface area contributed by atoms with Gasteiger partial charge in [0.05, 0.1) is 11.8 Å². The average Bonchev–Trinajstić information content (AvgIpc) is 3.10. The van der Waals surface area contributed by atoms with Crippen LogP contribution in [0.15, 0.2) is 30.2 Å². The van der Waals surface area contributed by atoms with E-state index in [2.05, 4.69) is 36.8 Å². The summed E-state index contributed by atoms with van der Waals surface area (Å²) in [6, 6.07) is 0. The molecule has 0 bridgehead atoms. The smallest absolute Gasteiger partial charge is 0.0586 e. The summed E-state index contributed by atoms with van der Waals surface area (Å²) in [5.74, 6) is 4.21. The van der Waals surface area contributed by atoms with Gasteiger partial charge in [0.25, 0.3) is 0 Å². The Morgan fingerprint density at radius 3 is 2.77 bits per heavy atom. The first-order valence-electron chi connectivity index (χ1n) is 12.5. The average molecular weight is 409 g/mol. The minimum absolute atomic E-state index is 0.0965. The van der Waals surface area contributed by atoms with Crippen LogP contribution in [-0.4, -0.2) is 21.2 Å². The predicted octanol–water partition coefficient (Wildman–Crippen LogP) is 5.99. The van der Waals surface area contributed by atoms with Gasteiger partial charge in [0.2, 0.25) is 0 Å². The van der Waals surface area contributed by atoms with Crippen molar-refractivity contribution in [3.8, 4) is 0 Å². The van der Waals surface area contributed by atoms with E-state index in [0.29, 0.717) is 10.8 Å². The molecule has 0 aliphatic heterocycles. The third-order valence-corrected chi connectivity index (χ3v) is 10.3. The standard InChI is InChI=1S/C27H40N2O/c1-18(4-6-20-17-28-14-15-29-20)23-8-9-24-22-7-5-19-16-21(30)10-12-26(19,2)25(22)11-13-27(23,24)3/h5,14-15,17-18,21-25,30H,4,6-13,16H2,1-3H3/t18?,21-,22-,23+,24-,25-,26-,27+/m0/s1. The Hall–Kier alpha value is -1.22. The zero-order valence-electron chi connectivity index (χ0n) is 19.2. The first kappa shape index (κ1) is 20.7. The number of hydrogen-bond donors (Lipinski definition) is 1. The van der Waals surface area contributed by atoms with Gasteiger partial charge in [-0.05, 0) is 105 Å². The normalized spacial score (nSPS) is 43.9. The van der Waals surface area contributed by atoms with Crippen LogP contribution in [0.1, 0.15) is 84.3 Å². The number of rotatable bonds is 4. The molecule has 1 heterocycles. The van der Waals surface area contributed by atoms with Crippen molar-refractivity contribution in [2.24, 2.45) is 40.4 Å². The van der Waals surface area contributed by atoms with E-state index in [0.717, 1.165) is 54.5 Å².